The second-order valence-electron chi connectivity index (χ2n) is 5.26. The van der Waals surface area contributed by atoms with E-state index in [2.05, 4.69) is 44.4 Å². The molecule has 1 aliphatic rings. The van der Waals surface area contributed by atoms with Crippen molar-refractivity contribution in [2.75, 3.05) is 5.32 Å². The lowest BCUT2D eigenvalue weighted by atomic mass is 9.88. The van der Waals surface area contributed by atoms with Crippen molar-refractivity contribution in [3.63, 3.8) is 0 Å². The summed E-state index contributed by atoms with van der Waals surface area (Å²) >= 11 is 9.44. The SMILES string of the molecule is Cc1nc(Cl)ccc1NC1CCc2cc(Br)ccc2C1. The Morgan fingerprint density at radius 2 is 2.10 bits per heavy atom. The number of aryl methyl sites for hydroxylation is 2. The number of hydrogen-bond acceptors (Lipinski definition) is 2. The standard InChI is InChI=1S/C16H16BrClN2/c1-10-15(6-7-16(18)19-10)20-14-5-3-11-8-13(17)4-2-12(11)9-14/h2,4,6-8,14,20H,3,5,9H2,1H3. The van der Waals surface area contributed by atoms with Gasteiger partial charge in [-0.05, 0) is 61.6 Å². The molecule has 0 fully saturated rings. The van der Waals surface area contributed by atoms with Crippen LogP contribution < -0.4 is 5.32 Å². The van der Waals surface area contributed by atoms with Crippen molar-refractivity contribution in [2.45, 2.75) is 32.2 Å². The molecule has 0 aliphatic heterocycles. The first-order valence-electron chi connectivity index (χ1n) is 6.79. The van der Waals surface area contributed by atoms with Crippen LogP contribution in [-0.2, 0) is 12.8 Å². The van der Waals surface area contributed by atoms with Crippen molar-refractivity contribution in [1.82, 2.24) is 4.98 Å². The number of hydrogen-bond donors (Lipinski definition) is 1. The quantitative estimate of drug-likeness (QED) is 0.788. The van der Waals surface area contributed by atoms with Gasteiger partial charge in [-0.3, -0.25) is 0 Å². The van der Waals surface area contributed by atoms with Crippen LogP contribution in [0.3, 0.4) is 0 Å². The van der Waals surface area contributed by atoms with Crippen molar-refractivity contribution in [1.29, 1.82) is 0 Å². The van der Waals surface area contributed by atoms with Crippen LogP contribution in [0, 0.1) is 6.92 Å². The normalized spacial score (nSPS) is 17.6. The van der Waals surface area contributed by atoms with E-state index in [0.717, 1.165) is 30.6 Å². The number of halogens is 2. The molecule has 1 atom stereocenters. The first-order chi connectivity index (χ1) is 9.61. The highest BCUT2D eigenvalue weighted by atomic mass is 79.9. The van der Waals surface area contributed by atoms with Crippen LogP contribution in [0.2, 0.25) is 5.15 Å². The molecule has 104 valence electrons. The molecule has 0 saturated carbocycles. The third-order valence-corrected chi connectivity index (χ3v) is 4.51. The van der Waals surface area contributed by atoms with Gasteiger partial charge in [0.05, 0.1) is 11.4 Å². The van der Waals surface area contributed by atoms with Gasteiger partial charge in [-0.25, -0.2) is 4.98 Å². The molecule has 0 amide bonds. The van der Waals surface area contributed by atoms with Gasteiger partial charge in [-0.15, -0.1) is 0 Å². The molecular weight excluding hydrogens is 336 g/mol. The van der Waals surface area contributed by atoms with E-state index >= 15 is 0 Å². The van der Waals surface area contributed by atoms with E-state index in [9.17, 15) is 0 Å². The summed E-state index contributed by atoms with van der Waals surface area (Å²) in [5.41, 5.74) is 4.94. The van der Waals surface area contributed by atoms with Gasteiger partial charge in [-0.2, -0.15) is 0 Å². The number of nitrogens with one attached hydrogen (secondary N) is 1. The molecule has 1 aliphatic carbocycles. The van der Waals surface area contributed by atoms with Crippen LogP contribution in [0.1, 0.15) is 23.2 Å². The van der Waals surface area contributed by atoms with Crippen molar-refractivity contribution in [2.24, 2.45) is 0 Å². The van der Waals surface area contributed by atoms with Crippen molar-refractivity contribution in [3.05, 3.63) is 56.8 Å². The van der Waals surface area contributed by atoms with Gasteiger partial charge in [0.25, 0.3) is 0 Å². The van der Waals surface area contributed by atoms with Gasteiger partial charge in [-0.1, -0.05) is 33.6 Å². The smallest absolute Gasteiger partial charge is 0.129 e. The van der Waals surface area contributed by atoms with Crippen LogP contribution >= 0.6 is 27.5 Å². The summed E-state index contributed by atoms with van der Waals surface area (Å²) in [6, 6.07) is 10.9. The van der Waals surface area contributed by atoms with E-state index in [1.54, 1.807) is 0 Å². The zero-order valence-corrected chi connectivity index (χ0v) is 13.6. The summed E-state index contributed by atoms with van der Waals surface area (Å²) in [5.74, 6) is 0. The van der Waals surface area contributed by atoms with Gasteiger partial charge in [0.2, 0.25) is 0 Å². The topological polar surface area (TPSA) is 24.9 Å². The van der Waals surface area contributed by atoms with Crippen LogP contribution in [0.4, 0.5) is 5.69 Å². The summed E-state index contributed by atoms with van der Waals surface area (Å²) in [5, 5.41) is 4.15. The molecule has 1 unspecified atom stereocenters. The highest BCUT2D eigenvalue weighted by Crippen LogP contribution is 2.27. The number of fused-ring (bicyclic) bond motifs is 1. The highest BCUT2D eigenvalue weighted by Gasteiger charge is 2.19. The minimum Gasteiger partial charge on any atom is -0.381 e. The average molecular weight is 352 g/mol. The van der Waals surface area contributed by atoms with E-state index < -0.39 is 0 Å². The summed E-state index contributed by atoms with van der Waals surface area (Å²) in [7, 11) is 0. The first kappa shape index (κ1) is 13.9. The third kappa shape index (κ3) is 2.99. The van der Waals surface area contributed by atoms with Gasteiger partial charge >= 0.3 is 0 Å². The minimum atomic E-state index is 0.463. The highest BCUT2D eigenvalue weighted by molar-refractivity contribution is 9.10. The molecule has 1 heterocycles. The predicted molar refractivity (Wildman–Crippen MR) is 87.6 cm³/mol. The Morgan fingerprint density at radius 1 is 1.25 bits per heavy atom. The number of aromatic nitrogens is 1. The lowest BCUT2D eigenvalue weighted by Gasteiger charge is -2.27. The van der Waals surface area contributed by atoms with Crippen molar-refractivity contribution in [3.8, 4) is 0 Å². The second kappa shape index (κ2) is 5.74. The van der Waals surface area contributed by atoms with E-state index in [0.29, 0.717) is 11.2 Å². The maximum atomic E-state index is 5.90. The molecule has 1 aromatic carbocycles. The zero-order valence-electron chi connectivity index (χ0n) is 11.3. The van der Waals surface area contributed by atoms with Crippen molar-refractivity contribution < 1.29 is 0 Å². The number of benzene rings is 1. The molecule has 4 heteroatoms. The molecule has 1 aromatic heterocycles. The number of nitrogens with zero attached hydrogens (tertiary/aromatic N) is 1. The fraction of sp³-hybridized carbons (Fsp3) is 0.312. The summed E-state index contributed by atoms with van der Waals surface area (Å²) in [6.07, 6.45) is 3.32. The second-order valence-corrected chi connectivity index (χ2v) is 6.57. The minimum absolute atomic E-state index is 0.463. The van der Waals surface area contributed by atoms with Gasteiger partial charge in [0.15, 0.2) is 0 Å². The molecule has 20 heavy (non-hydrogen) atoms. The Labute approximate surface area is 132 Å². The Kier molecular flexibility index (Phi) is 3.99. The lowest BCUT2D eigenvalue weighted by molar-refractivity contribution is 0.610. The largest absolute Gasteiger partial charge is 0.381 e. The Bertz CT molecular complexity index is 642. The summed E-state index contributed by atoms with van der Waals surface area (Å²) in [6.45, 7) is 1.99. The van der Waals surface area contributed by atoms with E-state index in [1.807, 2.05) is 19.1 Å². The molecule has 1 N–H and O–H groups in total. The van der Waals surface area contributed by atoms with Crippen LogP contribution in [0.25, 0.3) is 0 Å². The van der Waals surface area contributed by atoms with Crippen molar-refractivity contribution >= 4 is 33.2 Å². The number of pyridine rings is 1. The van der Waals surface area contributed by atoms with Gasteiger partial charge < -0.3 is 5.32 Å². The summed E-state index contributed by atoms with van der Waals surface area (Å²) < 4.78 is 1.17. The number of rotatable bonds is 2. The van der Waals surface area contributed by atoms with Crippen LogP contribution in [0.15, 0.2) is 34.8 Å². The molecule has 0 spiro atoms. The average Bonchev–Trinajstić information content (AvgIpc) is 2.42. The van der Waals surface area contributed by atoms with Crippen LogP contribution in [0.5, 0.6) is 0 Å². The molecule has 2 nitrogen and oxygen atoms in total. The molecule has 0 radical (unpaired) electrons. The molecule has 2 aromatic rings. The first-order valence-corrected chi connectivity index (χ1v) is 7.96. The van der Waals surface area contributed by atoms with Gasteiger partial charge in [0, 0.05) is 10.5 Å². The molecule has 3 rings (SSSR count). The fourth-order valence-corrected chi connectivity index (χ4v) is 3.35. The maximum absolute atomic E-state index is 5.90. The monoisotopic (exact) mass is 350 g/mol. The van der Waals surface area contributed by atoms with Crippen LogP contribution in [-0.4, -0.2) is 11.0 Å². The van der Waals surface area contributed by atoms with E-state index in [4.69, 9.17) is 11.6 Å². The Morgan fingerprint density at radius 3 is 2.90 bits per heavy atom. The van der Waals surface area contributed by atoms with Gasteiger partial charge in [0.1, 0.15) is 5.15 Å². The van der Waals surface area contributed by atoms with E-state index in [-0.39, 0.29) is 0 Å². The van der Waals surface area contributed by atoms with E-state index in [1.165, 1.54) is 15.6 Å². The summed E-state index contributed by atoms with van der Waals surface area (Å²) in [4.78, 5) is 4.29. The molecular formula is C16H16BrClN2. The maximum Gasteiger partial charge on any atom is 0.129 e. The Balaban J connectivity index is 1.75. The predicted octanol–water partition coefficient (Wildman–Crippen LogP) is 4.78. The fourth-order valence-electron chi connectivity index (χ4n) is 2.75. The molecule has 0 saturated heterocycles. The Hall–Kier alpha value is -1.06. The lowest BCUT2D eigenvalue weighted by Crippen LogP contribution is -2.27. The zero-order chi connectivity index (χ0) is 14.1. The third-order valence-electron chi connectivity index (χ3n) is 3.81. The molecule has 0 bridgehead atoms. The number of anilines is 1.